The van der Waals surface area contributed by atoms with Crippen LogP contribution in [-0.4, -0.2) is 20.2 Å². The molecule has 0 bridgehead atoms. The average molecular weight is 203 g/mol. The van der Waals surface area contributed by atoms with Gasteiger partial charge in [0.1, 0.15) is 0 Å². The largest absolute Gasteiger partial charge is 0.399 e. The highest BCUT2D eigenvalue weighted by Gasteiger charge is 2.04. The first-order valence-corrected chi connectivity index (χ1v) is 4.93. The van der Waals surface area contributed by atoms with Crippen LogP contribution in [0.4, 0.5) is 5.69 Å². The van der Waals surface area contributed by atoms with Crippen LogP contribution in [0.15, 0.2) is 24.3 Å². The van der Waals surface area contributed by atoms with Gasteiger partial charge in [0.15, 0.2) is 0 Å². The lowest BCUT2D eigenvalue weighted by Crippen LogP contribution is -2.00. The number of rotatable bonds is 3. The van der Waals surface area contributed by atoms with Crippen molar-refractivity contribution in [3.8, 4) is 11.4 Å². The molecule has 0 aliphatic rings. The maximum Gasteiger partial charge on any atom is 0.204 e. The van der Waals surface area contributed by atoms with E-state index in [-0.39, 0.29) is 0 Å². The summed E-state index contributed by atoms with van der Waals surface area (Å²) in [5.41, 5.74) is 7.29. The molecule has 0 radical (unpaired) electrons. The number of nitrogens with two attached hydrogens (primary N) is 1. The summed E-state index contributed by atoms with van der Waals surface area (Å²) in [4.78, 5) is 1.60. The van der Waals surface area contributed by atoms with Crippen molar-refractivity contribution in [3.63, 3.8) is 0 Å². The van der Waals surface area contributed by atoms with E-state index in [9.17, 15) is 0 Å². The zero-order valence-corrected chi connectivity index (χ0v) is 8.59. The lowest BCUT2D eigenvalue weighted by Gasteiger charge is -1.96. The summed E-state index contributed by atoms with van der Waals surface area (Å²) < 4.78 is 0. The molecule has 15 heavy (non-hydrogen) atoms. The monoisotopic (exact) mass is 203 g/mol. The maximum atomic E-state index is 5.68. The second-order valence-corrected chi connectivity index (χ2v) is 3.33. The summed E-state index contributed by atoms with van der Waals surface area (Å²) in [5, 5.41) is 12.2. The second-order valence-electron chi connectivity index (χ2n) is 3.33. The van der Waals surface area contributed by atoms with Gasteiger partial charge in [0.05, 0.1) is 6.54 Å². The van der Waals surface area contributed by atoms with Gasteiger partial charge in [0.25, 0.3) is 0 Å². The van der Waals surface area contributed by atoms with E-state index in [1.807, 2.05) is 24.3 Å². The second kappa shape index (κ2) is 4.08. The van der Waals surface area contributed by atoms with Crippen LogP contribution in [-0.2, 0) is 6.54 Å². The molecule has 0 saturated heterocycles. The minimum Gasteiger partial charge on any atom is -0.399 e. The Labute approximate surface area is 87.9 Å². The molecule has 0 fully saturated rings. The van der Waals surface area contributed by atoms with E-state index in [1.54, 1.807) is 4.80 Å². The van der Waals surface area contributed by atoms with Crippen LogP contribution in [0.2, 0.25) is 0 Å². The third-order valence-corrected chi connectivity index (χ3v) is 2.02. The Morgan fingerprint density at radius 3 is 3.00 bits per heavy atom. The molecule has 1 aromatic heterocycles. The zero-order valence-electron chi connectivity index (χ0n) is 8.59. The fraction of sp³-hybridized carbons (Fsp3) is 0.300. The number of hydrogen-bond donors (Lipinski definition) is 1. The van der Waals surface area contributed by atoms with Crippen LogP contribution < -0.4 is 5.73 Å². The number of anilines is 1. The minimum atomic E-state index is 0.621. The predicted octanol–water partition coefficient (Wildman–Crippen LogP) is 1.33. The number of nitrogen functional groups attached to an aromatic ring is 1. The molecule has 78 valence electrons. The first-order valence-electron chi connectivity index (χ1n) is 4.93. The van der Waals surface area contributed by atoms with Crippen molar-refractivity contribution in [1.82, 2.24) is 20.2 Å². The van der Waals surface area contributed by atoms with Gasteiger partial charge in [-0.2, -0.15) is 4.80 Å². The molecule has 2 aromatic rings. The summed E-state index contributed by atoms with van der Waals surface area (Å²) in [6.07, 6.45) is 0.993. The smallest absolute Gasteiger partial charge is 0.204 e. The van der Waals surface area contributed by atoms with E-state index in [0.717, 1.165) is 18.5 Å². The highest BCUT2D eigenvalue weighted by Crippen LogP contribution is 2.16. The van der Waals surface area contributed by atoms with Gasteiger partial charge < -0.3 is 5.73 Å². The normalized spacial score (nSPS) is 10.5. The van der Waals surface area contributed by atoms with Gasteiger partial charge in [-0.15, -0.1) is 10.2 Å². The van der Waals surface area contributed by atoms with Gasteiger partial charge in [-0.1, -0.05) is 19.1 Å². The lowest BCUT2D eigenvalue weighted by atomic mass is 10.2. The standard InChI is InChI=1S/C10H13N5/c1-2-6-15-13-10(12-14-15)8-4-3-5-9(11)7-8/h3-5,7H,2,6,11H2,1H3. The Bertz CT molecular complexity index is 449. The topological polar surface area (TPSA) is 69.6 Å². The molecule has 2 rings (SSSR count). The van der Waals surface area contributed by atoms with Crippen LogP contribution in [0.5, 0.6) is 0 Å². The molecule has 0 amide bonds. The minimum absolute atomic E-state index is 0.621. The van der Waals surface area contributed by atoms with Gasteiger partial charge in [-0.25, -0.2) is 0 Å². The Morgan fingerprint density at radius 1 is 1.40 bits per heavy atom. The number of benzene rings is 1. The van der Waals surface area contributed by atoms with Crippen molar-refractivity contribution >= 4 is 5.69 Å². The third-order valence-electron chi connectivity index (χ3n) is 2.02. The zero-order chi connectivity index (χ0) is 10.7. The van der Waals surface area contributed by atoms with E-state index in [4.69, 9.17) is 5.73 Å². The van der Waals surface area contributed by atoms with E-state index in [0.29, 0.717) is 11.5 Å². The molecule has 0 aliphatic carbocycles. The Hall–Kier alpha value is -1.91. The SMILES string of the molecule is CCCn1nnc(-c2cccc(N)c2)n1. The van der Waals surface area contributed by atoms with E-state index in [1.165, 1.54) is 0 Å². The molecule has 0 unspecified atom stereocenters. The fourth-order valence-electron chi connectivity index (χ4n) is 1.33. The summed E-state index contributed by atoms with van der Waals surface area (Å²) in [6, 6.07) is 7.47. The molecule has 0 atom stereocenters. The predicted molar refractivity (Wildman–Crippen MR) is 58.0 cm³/mol. The van der Waals surface area contributed by atoms with Gasteiger partial charge in [0.2, 0.25) is 5.82 Å². The highest BCUT2D eigenvalue weighted by molar-refractivity contribution is 5.60. The Kier molecular flexibility index (Phi) is 2.62. The quantitative estimate of drug-likeness (QED) is 0.764. The Balaban J connectivity index is 2.29. The lowest BCUT2D eigenvalue weighted by molar-refractivity contribution is 0.515. The molecule has 1 heterocycles. The molecular weight excluding hydrogens is 190 g/mol. The van der Waals surface area contributed by atoms with Crippen LogP contribution in [0.1, 0.15) is 13.3 Å². The number of hydrogen-bond acceptors (Lipinski definition) is 4. The van der Waals surface area contributed by atoms with Crippen LogP contribution in [0.25, 0.3) is 11.4 Å². The van der Waals surface area contributed by atoms with Crippen molar-refractivity contribution < 1.29 is 0 Å². The van der Waals surface area contributed by atoms with Crippen LogP contribution >= 0.6 is 0 Å². The molecule has 1 aromatic carbocycles. The van der Waals surface area contributed by atoms with Crippen molar-refractivity contribution in [1.29, 1.82) is 0 Å². The summed E-state index contributed by atoms with van der Waals surface area (Å²) in [5.74, 6) is 0.621. The number of nitrogens with zero attached hydrogens (tertiary/aromatic N) is 4. The van der Waals surface area contributed by atoms with Crippen LogP contribution in [0.3, 0.4) is 0 Å². The summed E-state index contributed by atoms with van der Waals surface area (Å²) in [6.45, 7) is 2.86. The number of tetrazole rings is 1. The first-order chi connectivity index (χ1) is 7.29. The molecule has 5 nitrogen and oxygen atoms in total. The first kappa shape index (κ1) is 9.64. The fourth-order valence-corrected chi connectivity index (χ4v) is 1.33. The summed E-state index contributed by atoms with van der Waals surface area (Å²) >= 11 is 0. The third kappa shape index (κ3) is 2.12. The molecule has 0 saturated carbocycles. The average Bonchev–Trinajstić information content (AvgIpc) is 2.67. The summed E-state index contributed by atoms with van der Waals surface area (Å²) in [7, 11) is 0. The van der Waals surface area contributed by atoms with Crippen molar-refractivity contribution in [2.45, 2.75) is 19.9 Å². The highest BCUT2D eigenvalue weighted by atomic mass is 15.6. The van der Waals surface area contributed by atoms with E-state index < -0.39 is 0 Å². The number of aromatic nitrogens is 4. The van der Waals surface area contributed by atoms with Gasteiger partial charge in [-0.05, 0) is 23.8 Å². The van der Waals surface area contributed by atoms with Gasteiger partial charge in [0, 0.05) is 11.3 Å². The van der Waals surface area contributed by atoms with Gasteiger partial charge >= 0.3 is 0 Å². The van der Waals surface area contributed by atoms with Crippen molar-refractivity contribution in [2.75, 3.05) is 5.73 Å². The maximum absolute atomic E-state index is 5.68. The van der Waals surface area contributed by atoms with E-state index in [2.05, 4.69) is 22.3 Å². The van der Waals surface area contributed by atoms with E-state index >= 15 is 0 Å². The van der Waals surface area contributed by atoms with Crippen molar-refractivity contribution in [3.05, 3.63) is 24.3 Å². The van der Waals surface area contributed by atoms with Crippen molar-refractivity contribution in [2.24, 2.45) is 0 Å². The molecule has 0 spiro atoms. The molecule has 2 N–H and O–H groups in total. The molecular formula is C10H13N5. The van der Waals surface area contributed by atoms with Gasteiger partial charge in [-0.3, -0.25) is 0 Å². The Morgan fingerprint density at radius 2 is 2.27 bits per heavy atom. The molecule has 0 aliphatic heterocycles. The van der Waals surface area contributed by atoms with Crippen LogP contribution in [0, 0.1) is 0 Å². The molecule has 5 heteroatoms. The number of aryl methyl sites for hydroxylation is 1.